The van der Waals surface area contributed by atoms with E-state index in [0.717, 1.165) is 6.29 Å². The molecule has 0 aliphatic carbocycles. The first-order valence-electron chi connectivity index (χ1n) is 7.76. The van der Waals surface area contributed by atoms with E-state index >= 15 is 0 Å². The Morgan fingerprint density at radius 2 is 1.61 bits per heavy atom. The number of esters is 1. The van der Waals surface area contributed by atoms with Gasteiger partial charge in [0.1, 0.15) is 23.5 Å². The molecule has 23 heavy (non-hydrogen) atoms. The monoisotopic (exact) mass is 328 g/mol. The molecular formula is C16H28N2O5. The first kappa shape index (κ1) is 19.4. The van der Waals surface area contributed by atoms with Crippen molar-refractivity contribution in [2.45, 2.75) is 58.8 Å². The zero-order chi connectivity index (χ0) is 18.0. The molecule has 0 saturated carbocycles. The Balaban J connectivity index is 2.77. The van der Waals surface area contributed by atoms with Crippen molar-refractivity contribution < 1.29 is 23.9 Å². The van der Waals surface area contributed by atoms with Crippen LogP contribution in [0.4, 0.5) is 4.79 Å². The highest BCUT2D eigenvalue weighted by Crippen LogP contribution is 2.27. The van der Waals surface area contributed by atoms with Gasteiger partial charge in [-0.1, -0.05) is 0 Å². The molecule has 1 amide bonds. The third-order valence-corrected chi connectivity index (χ3v) is 3.38. The second kappa shape index (κ2) is 6.86. The van der Waals surface area contributed by atoms with E-state index < -0.39 is 41.1 Å². The number of likely N-dealkylation sites (tertiary alicyclic amines) is 1. The van der Waals surface area contributed by atoms with Crippen LogP contribution in [0.15, 0.2) is 0 Å². The summed E-state index contributed by atoms with van der Waals surface area (Å²) < 4.78 is 10.6. The van der Waals surface area contributed by atoms with Crippen molar-refractivity contribution in [2.24, 2.45) is 17.6 Å². The molecule has 2 N–H and O–H groups in total. The number of hydrogen-bond acceptors (Lipinski definition) is 6. The molecule has 1 aliphatic heterocycles. The van der Waals surface area contributed by atoms with E-state index in [-0.39, 0.29) is 13.1 Å². The van der Waals surface area contributed by atoms with Crippen molar-refractivity contribution in [1.29, 1.82) is 0 Å². The van der Waals surface area contributed by atoms with Crippen molar-refractivity contribution in [3.8, 4) is 0 Å². The summed E-state index contributed by atoms with van der Waals surface area (Å²) in [4.78, 5) is 36.9. The van der Waals surface area contributed by atoms with E-state index in [9.17, 15) is 14.4 Å². The van der Waals surface area contributed by atoms with Gasteiger partial charge in [0.2, 0.25) is 0 Å². The number of rotatable bonds is 3. The fraction of sp³-hybridized carbons (Fsp3) is 0.812. The molecule has 7 heteroatoms. The molecule has 0 spiro atoms. The second-order valence-corrected chi connectivity index (χ2v) is 7.91. The summed E-state index contributed by atoms with van der Waals surface area (Å²) in [6.07, 6.45) is 0.224. The third-order valence-electron chi connectivity index (χ3n) is 3.38. The van der Waals surface area contributed by atoms with Crippen LogP contribution in [-0.4, -0.2) is 53.6 Å². The molecule has 0 aromatic carbocycles. The van der Waals surface area contributed by atoms with Crippen molar-refractivity contribution in [2.75, 3.05) is 13.1 Å². The van der Waals surface area contributed by atoms with E-state index in [1.165, 1.54) is 4.90 Å². The average Bonchev–Trinajstić information content (AvgIpc) is 2.77. The smallest absolute Gasteiger partial charge is 0.410 e. The Bertz CT molecular complexity index is 464. The fourth-order valence-electron chi connectivity index (χ4n) is 2.40. The van der Waals surface area contributed by atoms with Crippen molar-refractivity contribution in [1.82, 2.24) is 4.90 Å². The Morgan fingerprint density at radius 3 is 2.04 bits per heavy atom. The lowest BCUT2D eigenvalue weighted by Crippen LogP contribution is -2.46. The van der Waals surface area contributed by atoms with Gasteiger partial charge in [-0.05, 0) is 41.5 Å². The van der Waals surface area contributed by atoms with Crippen LogP contribution in [-0.2, 0) is 19.1 Å². The van der Waals surface area contributed by atoms with Gasteiger partial charge < -0.3 is 24.9 Å². The highest BCUT2D eigenvalue weighted by atomic mass is 16.6. The topological polar surface area (TPSA) is 98.9 Å². The predicted octanol–water partition coefficient (Wildman–Crippen LogP) is 1.34. The Hall–Kier alpha value is -1.63. The summed E-state index contributed by atoms with van der Waals surface area (Å²) in [5.74, 6) is -1.56. The lowest BCUT2D eigenvalue weighted by Gasteiger charge is -2.26. The molecule has 0 aromatic rings. The summed E-state index contributed by atoms with van der Waals surface area (Å²) in [5.41, 5.74) is 4.69. The number of carbonyl (C=O) groups is 3. The largest absolute Gasteiger partial charge is 0.459 e. The van der Waals surface area contributed by atoms with Crippen molar-refractivity contribution >= 4 is 18.3 Å². The number of carbonyl (C=O) groups excluding carboxylic acids is 3. The van der Waals surface area contributed by atoms with Gasteiger partial charge in [-0.2, -0.15) is 0 Å². The maximum absolute atomic E-state index is 12.1. The van der Waals surface area contributed by atoms with Gasteiger partial charge in [-0.25, -0.2) is 4.79 Å². The minimum atomic E-state index is -0.961. The molecule has 1 saturated heterocycles. The highest BCUT2D eigenvalue weighted by molar-refractivity contribution is 5.78. The van der Waals surface area contributed by atoms with Gasteiger partial charge in [0, 0.05) is 24.9 Å². The van der Waals surface area contributed by atoms with E-state index in [4.69, 9.17) is 15.2 Å². The maximum Gasteiger partial charge on any atom is 0.410 e. The second-order valence-electron chi connectivity index (χ2n) is 7.91. The number of aldehydes is 1. The molecule has 0 aromatic heterocycles. The Morgan fingerprint density at radius 1 is 1.09 bits per heavy atom. The summed E-state index contributed by atoms with van der Waals surface area (Å²) in [6, 6.07) is -0.961. The fourth-order valence-corrected chi connectivity index (χ4v) is 2.40. The van der Waals surface area contributed by atoms with E-state index in [1.54, 1.807) is 41.5 Å². The summed E-state index contributed by atoms with van der Waals surface area (Å²) in [5, 5.41) is 0. The quantitative estimate of drug-likeness (QED) is 0.620. The molecule has 0 bridgehead atoms. The number of ether oxygens (including phenoxy) is 2. The minimum Gasteiger partial charge on any atom is -0.459 e. The van der Waals surface area contributed by atoms with Crippen LogP contribution >= 0.6 is 0 Å². The van der Waals surface area contributed by atoms with Crippen LogP contribution in [0.5, 0.6) is 0 Å². The van der Waals surface area contributed by atoms with Crippen LogP contribution < -0.4 is 5.73 Å². The lowest BCUT2D eigenvalue weighted by atomic mass is 9.90. The third kappa shape index (κ3) is 5.82. The van der Waals surface area contributed by atoms with Crippen LogP contribution in [0.1, 0.15) is 41.5 Å². The minimum absolute atomic E-state index is 0.193. The standard InChI is InChI=1S/C16H28N2O5/c1-15(2,3)22-13(20)12(17)11-8-18(7-10(11)9-19)14(21)23-16(4,5)6/h9-12H,7-8,17H2,1-6H3. The molecule has 3 atom stereocenters. The number of nitrogens with zero attached hydrogens (tertiary/aromatic N) is 1. The van der Waals surface area contributed by atoms with E-state index in [1.807, 2.05) is 0 Å². The maximum atomic E-state index is 12.1. The molecule has 1 aliphatic rings. The van der Waals surface area contributed by atoms with Crippen molar-refractivity contribution in [3.63, 3.8) is 0 Å². The molecule has 7 nitrogen and oxygen atoms in total. The van der Waals surface area contributed by atoms with Gasteiger partial charge in [0.05, 0.1) is 0 Å². The number of amides is 1. The summed E-state index contributed by atoms with van der Waals surface area (Å²) in [7, 11) is 0. The molecule has 1 rings (SSSR count). The highest BCUT2D eigenvalue weighted by Gasteiger charge is 2.43. The van der Waals surface area contributed by atoms with E-state index in [0.29, 0.717) is 0 Å². The summed E-state index contributed by atoms with van der Waals surface area (Å²) in [6.45, 7) is 10.9. The first-order chi connectivity index (χ1) is 10.3. The lowest BCUT2D eigenvalue weighted by molar-refractivity contribution is -0.158. The molecule has 132 valence electrons. The van der Waals surface area contributed by atoms with E-state index in [2.05, 4.69) is 0 Å². The van der Waals surface area contributed by atoms with Crippen LogP contribution in [0.25, 0.3) is 0 Å². The number of hydrogen-bond donors (Lipinski definition) is 1. The normalized spacial score (nSPS) is 23.3. The average molecular weight is 328 g/mol. The van der Waals surface area contributed by atoms with Gasteiger partial charge >= 0.3 is 12.1 Å². The SMILES string of the molecule is CC(C)(C)OC(=O)C(N)C1CN(C(=O)OC(C)(C)C)CC1C=O. The van der Waals surface area contributed by atoms with Crippen molar-refractivity contribution in [3.05, 3.63) is 0 Å². The number of nitrogens with two attached hydrogens (primary N) is 1. The van der Waals surface area contributed by atoms with Gasteiger partial charge in [0.25, 0.3) is 0 Å². The molecule has 1 fully saturated rings. The van der Waals surface area contributed by atoms with Crippen LogP contribution in [0.2, 0.25) is 0 Å². The van der Waals surface area contributed by atoms with Gasteiger partial charge in [-0.15, -0.1) is 0 Å². The molecular weight excluding hydrogens is 300 g/mol. The van der Waals surface area contributed by atoms with Crippen LogP contribution in [0.3, 0.4) is 0 Å². The predicted molar refractivity (Wildman–Crippen MR) is 84.7 cm³/mol. The molecule has 0 radical (unpaired) electrons. The molecule has 1 heterocycles. The molecule has 3 unspecified atom stereocenters. The van der Waals surface area contributed by atoms with Crippen LogP contribution in [0, 0.1) is 11.8 Å². The zero-order valence-corrected chi connectivity index (χ0v) is 14.8. The van der Waals surface area contributed by atoms with Gasteiger partial charge in [0.15, 0.2) is 0 Å². The van der Waals surface area contributed by atoms with Gasteiger partial charge in [-0.3, -0.25) is 4.79 Å². The summed E-state index contributed by atoms with van der Waals surface area (Å²) >= 11 is 0. The zero-order valence-electron chi connectivity index (χ0n) is 14.8. The Labute approximate surface area is 137 Å². The Kier molecular flexibility index (Phi) is 5.79. The first-order valence-corrected chi connectivity index (χ1v) is 7.76.